The lowest BCUT2D eigenvalue weighted by Crippen LogP contribution is -2.48. The molecule has 3 heterocycles. The van der Waals surface area contributed by atoms with E-state index in [0.29, 0.717) is 17.3 Å². The van der Waals surface area contributed by atoms with Crippen LogP contribution in [-0.4, -0.2) is 45.0 Å². The van der Waals surface area contributed by atoms with Gasteiger partial charge in [-0.3, -0.25) is 4.79 Å². The lowest BCUT2D eigenvalue weighted by Gasteiger charge is -2.32. The van der Waals surface area contributed by atoms with Crippen LogP contribution in [-0.2, 0) is 21.4 Å². The van der Waals surface area contributed by atoms with Gasteiger partial charge in [-0.2, -0.15) is 0 Å². The van der Waals surface area contributed by atoms with Gasteiger partial charge < -0.3 is 18.8 Å². The number of furan rings is 1. The zero-order valence-electron chi connectivity index (χ0n) is 15.3. The molecule has 0 aliphatic carbocycles. The fraction of sp³-hybridized carbons (Fsp3) is 0.421. The zero-order valence-corrected chi connectivity index (χ0v) is 16.1. The second-order valence-corrected chi connectivity index (χ2v) is 8.58. The zero-order chi connectivity index (χ0) is 19.6. The average Bonchev–Trinajstić information content (AvgIpc) is 3.25. The van der Waals surface area contributed by atoms with Gasteiger partial charge in [0.2, 0.25) is 16.1 Å². The number of rotatable bonds is 5. The Morgan fingerprint density at radius 1 is 1.14 bits per heavy atom. The summed E-state index contributed by atoms with van der Waals surface area (Å²) in [6, 6.07) is 7.73. The molecule has 1 atom stereocenters. The van der Waals surface area contributed by atoms with E-state index < -0.39 is 16.1 Å². The monoisotopic (exact) mass is 406 g/mol. The molecule has 1 N–H and O–H groups in total. The van der Waals surface area contributed by atoms with Crippen LogP contribution in [0.5, 0.6) is 11.5 Å². The predicted octanol–water partition coefficient (Wildman–Crippen LogP) is 1.91. The van der Waals surface area contributed by atoms with Gasteiger partial charge in [0.25, 0.3) is 5.91 Å². The molecule has 150 valence electrons. The van der Waals surface area contributed by atoms with E-state index in [9.17, 15) is 13.2 Å². The van der Waals surface area contributed by atoms with Crippen molar-refractivity contribution in [2.45, 2.75) is 36.8 Å². The Morgan fingerprint density at radius 2 is 1.96 bits per heavy atom. The highest BCUT2D eigenvalue weighted by Gasteiger charge is 2.32. The van der Waals surface area contributed by atoms with E-state index in [1.807, 2.05) is 0 Å². The number of ether oxygens (including phenoxy) is 2. The maximum atomic E-state index is 12.6. The first-order chi connectivity index (χ1) is 13.5. The van der Waals surface area contributed by atoms with Crippen LogP contribution < -0.4 is 14.2 Å². The second-order valence-electron chi connectivity index (χ2n) is 6.82. The number of benzene rings is 1. The molecule has 1 saturated heterocycles. The van der Waals surface area contributed by atoms with Crippen molar-refractivity contribution in [2.24, 2.45) is 0 Å². The second kappa shape index (κ2) is 7.84. The molecule has 0 saturated carbocycles. The molecule has 28 heavy (non-hydrogen) atoms. The Balaban J connectivity index is 1.44. The summed E-state index contributed by atoms with van der Waals surface area (Å²) in [6.45, 7) is 1.59. The fourth-order valence-corrected chi connectivity index (χ4v) is 4.33. The predicted molar refractivity (Wildman–Crippen MR) is 99.5 cm³/mol. The molecular formula is C19H22N2O6S. The number of carbonyl (C=O) groups excluding carboxylic acids is 1. The standard InChI is InChI=1S/C19H22N2O6S/c22-19(21-8-2-1-3-9-21)18-13-26-17-11-15(6-7-16(17)27-18)28(23,24)20-12-14-5-4-10-25-14/h4-7,10-11,18,20H,1-3,8-9,12-13H2/t18-/m0/s1. The van der Waals surface area contributed by atoms with Crippen LogP contribution >= 0.6 is 0 Å². The molecule has 2 aliphatic rings. The number of hydrogen-bond acceptors (Lipinski definition) is 6. The summed E-state index contributed by atoms with van der Waals surface area (Å²) in [5, 5.41) is 0. The smallest absolute Gasteiger partial charge is 0.267 e. The SMILES string of the molecule is O=C([C@@H]1COc2cc(S(=O)(=O)NCc3ccco3)ccc2O1)N1CCCCC1. The Morgan fingerprint density at radius 3 is 2.71 bits per heavy atom. The van der Waals surface area contributed by atoms with Crippen molar-refractivity contribution in [2.75, 3.05) is 19.7 Å². The number of fused-ring (bicyclic) bond motifs is 1. The minimum absolute atomic E-state index is 0.0518. The molecular weight excluding hydrogens is 384 g/mol. The van der Waals surface area contributed by atoms with Gasteiger partial charge in [-0.25, -0.2) is 13.1 Å². The number of nitrogens with zero attached hydrogens (tertiary/aromatic N) is 1. The summed E-state index contributed by atoms with van der Waals surface area (Å²) in [6.07, 6.45) is 3.92. The van der Waals surface area contributed by atoms with E-state index in [1.165, 1.54) is 24.5 Å². The number of carbonyl (C=O) groups is 1. The lowest BCUT2D eigenvalue weighted by molar-refractivity contribution is -0.142. The number of amides is 1. The van der Waals surface area contributed by atoms with E-state index >= 15 is 0 Å². The lowest BCUT2D eigenvalue weighted by atomic mass is 10.1. The largest absolute Gasteiger partial charge is 0.485 e. The summed E-state index contributed by atoms with van der Waals surface area (Å²) in [7, 11) is -3.74. The van der Waals surface area contributed by atoms with Gasteiger partial charge in [0.1, 0.15) is 12.4 Å². The van der Waals surface area contributed by atoms with Gasteiger partial charge in [-0.1, -0.05) is 0 Å². The van der Waals surface area contributed by atoms with E-state index in [1.54, 1.807) is 17.0 Å². The maximum absolute atomic E-state index is 12.6. The van der Waals surface area contributed by atoms with E-state index in [0.717, 1.165) is 32.4 Å². The van der Waals surface area contributed by atoms with E-state index in [-0.39, 0.29) is 24.0 Å². The summed E-state index contributed by atoms with van der Waals surface area (Å²) in [5.41, 5.74) is 0. The Bertz CT molecular complexity index is 935. The number of likely N-dealkylation sites (tertiary alicyclic amines) is 1. The normalized spacial score (nSPS) is 19.4. The first-order valence-electron chi connectivity index (χ1n) is 9.27. The van der Waals surface area contributed by atoms with Crippen molar-refractivity contribution >= 4 is 15.9 Å². The molecule has 0 spiro atoms. The third kappa shape index (κ3) is 4.00. The molecule has 9 heteroatoms. The molecule has 1 aromatic heterocycles. The molecule has 0 unspecified atom stereocenters. The van der Waals surface area contributed by atoms with Crippen molar-refractivity contribution in [1.29, 1.82) is 0 Å². The quantitative estimate of drug-likeness (QED) is 0.815. The Hall–Kier alpha value is -2.52. The van der Waals surface area contributed by atoms with Gasteiger partial charge in [0.15, 0.2) is 11.5 Å². The third-order valence-electron chi connectivity index (χ3n) is 4.84. The van der Waals surface area contributed by atoms with Crippen LogP contribution in [0.4, 0.5) is 0 Å². The minimum Gasteiger partial charge on any atom is -0.485 e. The minimum atomic E-state index is -3.74. The van der Waals surface area contributed by atoms with Crippen molar-refractivity contribution < 1.29 is 27.1 Å². The van der Waals surface area contributed by atoms with Crippen LogP contribution in [0, 0.1) is 0 Å². The van der Waals surface area contributed by atoms with Crippen LogP contribution in [0.1, 0.15) is 25.0 Å². The molecule has 1 amide bonds. The summed E-state index contributed by atoms with van der Waals surface area (Å²) in [5.74, 6) is 1.11. The summed E-state index contributed by atoms with van der Waals surface area (Å²) in [4.78, 5) is 14.5. The fourth-order valence-electron chi connectivity index (χ4n) is 3.32. The number of hydrogen-bond donors (Lipinski definition) is 1. The van der Waals surface area contributed by atoms with Crippen molar-refractivity contribution in [3.05, 3.63) is 42.4 Å². The average molecular weight is 406 g/mol. The first-order valence-corrected chi connectivity index (χ1v) is 10.8. The third-order valence-corrected chi connectivity index (χ3v) is 6.24. The maximum Gasteiger partial charge on any atom is 0.267 e. The van der Waals surface area contributed by atoms with E-state index in [2.05, 4.69) is 4.72 Å². The van der Waals surface area contributed by atoms with E-state index in [4.69, 9.17) is 13.9 Å². The van der Waals surface area contributed by atoms with Crippen LogP contribution in [0.25, 0.3) is 0 Å². The van der Waals surface area contributed by atoms with Gasteiger partial charge in [0.05, 0.1) is 17.7 Å². The van der Waals surface area contributed by atoms with Crippen LogP contribution in [0.15, 0.2) is 45.9 Å². The summed E-state index contributed by atoms with van der Waals surface area (Å²) >= 11 is 0. The molecule has 2 aliphatic heterocycles. The highest BCUT2D eigenvalue weighted by atomic mass is 32.2. The molecule has 2 aromatic rings. The molecule has 1 aromatic carbocycles. The Kier molecular flexibility index (Phi) is 5.27. The van der Waals surface area contributed by atoms with Crippen LogP contribution in [0.3, 0.4) is 0 Å². The van der Waals surface area contributed by atoms with Gasteiger partial charge in [0, 0.05) is 19.2 Å². The first kappa shape index (κ1) is 18.8. The highest BCUT2D eigenvalue weighted by molar-refractivity contribution is 7.89. The van der Waals surface area contributed by atoms with Gasteiger partial charge >= 0.3 is 0 Å². The molecule has 0 radical (unpaired) electrons. The Labute approximate surface area is 163 Å². The topological polar surface area (TPSA) is 98.1 Å². The van der Waals surface area contributed by atoms with Crippen LogP contribution in [0.2, 0.25) is 0 Å². The number of sulfonamides is 1. The van der Waals surface area contributed by atoms with Crippen molar-refractivity contribution in [3.63, 3.8) is 0 Å². The highest BCUT2D eigenvalue weighted by Crippen LogP contribution is 2.34. The molecule has 0 bridgehead atoms. The number of nitrogens with one attached hydrogen (secondary N) is 1. The van der Waals surface area contributed by atoms with Crippen molar-refractivity contribution in [3.8, 4) is 11.5 Å². The molecule has 4 rings (SSSR count). The van der Waals surface area contributed by atoms with Gasteiger partial charge in [-0.15, -0.1) is 0 Å². The molecule has 8 nitrogen and oxygen atoms in total. The van der Waals surface area contributed by atoms with Crippen molar-refractivity contribution in [1.82, 2.24) is 9.62 Å². The van der Waals surface area contributed by atoms with Gasteiger partial charge in [-0.05, 0) is 43.5 Å². The summed E-state index contributed by atoms with van der Waals surface area (Å²) < 4.78 is 44.0. The number of piperidine rings is 1. The molecule has 1 fully saturated rings.